The van der Waals surface area contributed by atoms with Gasteiger partial charge in [0.1, 0.15) is 5.78 Å². The number of carbonyl (C=O) groups excluding carboxylic acids is 2. The largest absolute Gasteiger partial charge is 0.299 e. The zero-order chi connectivity index (χ0) is 9.56. The summed E-state index contributed by atoms with van der Waals surface area (Å²) < 4.78 is 0. The molecule has 0 radical (unpaired) electrons. The first kappa shape index (κ1) is 11.1. The Hall–Kier alpha value is -0.920. The zero-order valence-corrected chi connectivity index (χ0v) is 7.96. The van der Waals surface area contributed by atoms with Crippen LogP contribution >= 0.6 is 0 Å². The van der Waals surface area contributed by atoms with E-state index in [4.69, 9.17) is 0 Å². The van der Waals surface area contributed by atoms with Crippen LogP contribution in [0.4, 0.5) is 0 Å². The number of allylic oxidation sites excluding steroid dienone is 2. The van der Waals surface area contributed by atoms with E-state index in [0.29, 0.717) is 12.8 Å². The Morgan fingerprint density at radius 1 is 1.42 bits per heavy atom. The third kappa shape index (κ3) is 2.61. The van der Waals surface area contributed by atoms with Crippen molar-refractivity contribution in [1.29, 1.82) is 0 Å². The molecule has 0 amide bonds. The highest BCUT2D eigenvalue weighted by atomic mass is 16.1. The first-order valence-electron chi connectivity index (χ1n) is 4.48. The standard InChI is InChI=1S/C8H10O2.C2H6/c1-2-6-7(9)4-3-5-8(6)10;1-2/h3-4,6H,2,5H2,1H3;1-2H3. The van der Waals surface area contributed by atoms with E-state index in [0.717, 1.165) is 0 Å². The maximum absolute atomic E-state index is 11.0. The smallest absolute Gasteiger partial charge is 0.165 e. The summed E-state index contributed by atoms with van der Waals surface area (Å²) in [4.78, 5) is 21.9. The van der Waals surface area contributed by atoms with Crippen LogP contribution in [-0.4, -0.2) is 11.6 Å². The van der Waals surface area contributed by atoms with Crippen LogP contribution in [0.1, 0.15) is 33.6 Å². The first-order valence-corrected chi connectivity index (χ1v) is 4.48. The lowest BCUT2D eigenvalue weighted by atomic mass is 9.90. The van der Waals surface area contributed by atoms with Gasteiger partial charge >= 0.3 is 0 Å². The van der Waals surface area contributed by atoms with Crippen molar-refractivity contribution >= 4 is 11.6 Å². The number of Topliss-reactive ketones (excluding diaryl/α,β-unsaturated/α-hetero) is 1. The van der Waals surface area contributed by atoms with Gasteiger partial charge in [-0.15, -0.1) is 0 Å². The summed E-state index contributed by atoms with van der Waals surface area (Å²) in [5, 5.41) is 0. The van der Waals surface area contributed by atoms with Crippen molar-refractivity contribution in [2.24, 2.45) is 5.92 Å². The zero-order valence-electron chi connectivity index (χ0n) is 7.96. The summed E-state index contributed by atoms with van der Waals surface area (Å²) in [6.07, 6.45) is 4.22. The van der Waals surface area contributed by atoms with Gasteiger partial charge in [-0.05, 0) is 12.5 Å². The maximum atomic E-state index is 11.0. The molecule has 0 bridgehead atoms. The predicted molar refractivity (Wildman–Crippen MR) is 48.9 cm³/mol. The van der Waals surface area contributed by atoms with Crippen molar-refractivity contribution in [2.45, 2.75) is 33.6 Å². The molecule has 1 rings (SSSR count). The van der Waals surface area contributed by atoms with Gasteiger partial charge < -0.3 is 0 Å². The molecule has 1 unspecified atom stereocenters. The van der Waals surface area contributed by atoms with Gasteiger partial charge in [-0.1, -0.05) is 26.8 Å². The van der Waals surface area contributed by atoms with Gasteiger partial charge in [0.25, 0.3) is 0 Å². The van der Waals surface area contributed by atoms with Crippen LogP contribution in [0.3, 0.4) is 0 Å². The van der Waals surface area contributed by atoms with E-state index < -0.39 is 0 Å². The number of ketones is 2. The summed E-state index contributed by atoms with van der Waals surface area (Å²) in [6.45, 7) is 5.86. The highest BCUT2D eigenvalue weighted by Crippen LogP contribution is 2.13. The van der Waals surface area contributed by atoms with Crippen LogP contribution in [0.5, 0.6) is 0 Å². The molecule has 0 heterocycles. The van der Waals surface area contributed by atoms with Crippen molar-refractivity contribution in [3.05, 3.63) is 12.2 Å². The fourth-order valence-corrected chi connectivity index (χ4v) is 1.14. The fraction of sp³-hybridized carbons (Fsp3) is 0.600. The van der Waals surface area contributed by atoms with Crippen LogP contribution in [0.2, 0.25) is 0 Å². The minimum Gasteiger partial charge on any atom is -0.299 e. The number of hydrogen-bond acceptors (Lipinski definition) is 2. The van der Waals surface area contributed by atoms with Crippen LogP contribution in [0.25, 0.3) is 0 Å². The number of rotatable bonds is 1. The molecule has 12 heavy (non-hydrogen) atoms. The number of carbonyl (C=O) groups is 2. The lowest BCUT2D eigenvalue weighted by molar-refractivity contribution is -0.130. The lowest BCUT2D eigenvalue weighted by Gasteiger charge is -2.11. The minimum atomic E-state index is -0.343. The van der Waals surface area contributed by atoms with Gasteiger partial charge in [0.05, 0.1) is 5.92 Å². The Morgan fingerprint density at radius 3 is 2.33 bits per heavy atom. The summed E-state index contributed by atoms with van der Waals surface area (Å²) >= 11 is 0. The summed E-state index contributed by atoms with van der Waals surface area (Å²) in [5.74, 6) is -0.307. The van der Waals surface area contributed by atoms with Gasteiger partial charge in [0.2, 0.25) is 0 Å². The quantitative estimate of drug-likeness (QED) is 0.562. The van der Waals surface area contributed by atoms with Crippen LogP contribution in [0.15, 0.2) is 12.2 Å². The average Bonchev–Trinajstić information content (AvgIpc) is 2.08. The Morgan fingerprint density at radius 2 is 2.00 bits per heavy atom. The van der Waals surface area contributed by atoms with Crippen molar-refractivity contribution in [1.82, 2.24) is 0 Å². The van der Waals surface area contributed by atoms with Crippen LogP contribution in [-0.2, 0) is 9.59 Å². The molecule has 0 saturated carbocycles. The monoisotopic (exact) mass is 168 g/mol. The Kier molecular flexibility index (Phi) is 5.26. The van der Waals surface area contributed by atoms with E-state index in [1.54, 1.807) is 6.08 Å². The van der Waals surface area contributed by atoms with E-state index in [1.807, 2.05) is 20.8 Å². The fourth-order valence-electron chi connectivity index (χ4n) is 1.14. The van der Waals surface area contributed by atoms with Crippen LogP contribution in [0, 0.1) is 5.92 Å². The molecule has 0 spiro atoms. The van der Waals surface area contributed by atoms with Gasteiger partial charge in [-0.25, -0.2) is 0 Å². The third-order valence-corrected chi connectivity index (χ3v) is 1.74. The van der Waals surface area contributed by atoms with Crippen molar-refractivity contribution in [2.75, 3.05) is 0 Å². The topological polar surface area (TPSA) is 34.1 Å². The molecule has 0 N–H and O–H groups in total. The Bertz CT molecular complexity index is 192. The summed E-state index contributed by atoms with van der Waals surface area (Å²) in [7, 11) is 0. The van der Waals surface area contributed by atoms with E-state index in [-0.39, 0.29) is 17.5 Å². The Labute approximate surface area is 73.7 Å². The second-order valence-corrected chi connectivity index (χ2v) is 2.44. The molecule has 0 aromatic rings. The molecule has 68 valence electrons. The predicted octanol–water partition coefficient (Wildman–Crippen LogP) is 2.14. The van der Waals surface area contributed by atoms with Gasteiger partial charge in [-0.3, -0.25) is 9.59 Å². The number of hydrogen-bond donors (Lipinski definition) is 0. The van der Waals surface area contributed by atoms with E-state index in [2.05, 4.69) is 0 Å². The third-order valence-electron chi connectivity index (χ3n) is 1.74. The molecular formula is C10H16O2. The molecule has 1 atom stereocenters. The molecule has 0 fully saturated rings. The van der Waals surface area contributed by atoms with Crippen LogP contribution < -0.4 is 0 Å². The van der Waals surface area contributed by atoms with E-state index in [9.17, 15) is 9.59 Å². The van der Waals surface area contributed by atoms with Crippen molar-refractivity contribution in [3.8, 4) is 0 Å². The lowest BCUT2D eigenvalue weighted by Crippen LogP contribution is -2.24. The van der Waals surface area contributed by atoms with Gasteiger partial charge in [0.15, 0.2) is 5.78 Å². The molecule has 0 aromatic carbocycles. The molecule has 2 heteroatoms. The van der Waals surface area contributed by atoms with Gasteiger partial charge in [0, 0.05) is 6.42 Å². The highest BCUT2D eigenvalue weighted by molar-refractivity contribution is 6.10. The molecule has 0 saturated heterocycles. The van der Waals surface area contributed by atoms with E-state index in [1.165, 1.54) is 6.08 Å². The molecule has 1 aliphatic carbocycles. The Balaban J connectivity index is 0.000000561. The minimum absolute atomic E-state index is 0.0289. The van der Waals surface area contributed by atoms with E-state index >= 15 is 0 Å². The highest BCUT2D eigenvalue weighted by Gasteiger charge is 2.24. The molecule has 0 aromatic heterocycles. The molecular weight excluding hydrogens is 152 g/mol. The molecule has 1 aliphatic rings. The summed E-state index contributed by atoms with van der Waals surface area (Å²) in [6, 6.07) is 0. The molecule has 2 nitrogen and oxygen atoms in total. The molecule has 0 aliphatic heterocycles. The average molecular weight is 168 g/mol. The SMILES string of the molecule is CC.CCC1C(=O)C=CCC1=O. The van der Waals surface area contributed by atoms with Crippen molar-refractivity contribution < 1.29 is 9.59 Å². The van der Waals surface area contributed by atoms with Gasteiger partial charge in [-0.2, -0.15) is 0 Å². The first-order chi connectivity index (χ1) is 5.75. The normalized spacial score (nSPS) is 21.8. The van der Waals surface area contributed by atoms with Crippen molar-refractivity contribution in [3.63, 3.8) is 0 Å². The second kappa shape index (κ2) is 5.70. The maximum Gasteiger partial charge on any atom is 0.165 e. The second-order valence-electron chi connectivity index (χ2n) is 2.44. The summed E-state index contributed by atoms with van der Waals surface area (Å²) in [5.41, 5.74) is 0.